The van der Waals surface area contributed by atoms with Crippen LogP contribution in [0.1, 0.15) is 71.5 Å². The first-order valence-corrected chi connectivity index (χ1v) is 16.1. The lowest BCUT2D eigenvalue weighted by molar-refractivity contribution is -0.0711. The zero-order valence-electron chi connectivity index (χ0n) is 25.8. The summed E-state index contributed by atoms with van der Waals surface area (Å²) in [7, 11) is 0. The molecule has 2 fully saturated rings. The van der Waals surface area contributed by atoms with Gasteiger partial charge in [-0.3, -0.25) is 9.88 Å². The van der Waals surface area contributed by atoms with Gasteiger partial charge >= 0.3 is 5.97 Å². The van der Waals surface area contributed by atoms with Crippen LogP contribution < -0.4 is 9.47 Å². The quantitative estimate of drug-likeness (QED) is 0.220. The van der Waals surface area contributed by atoms with E-state index in [2.05, 4.69) is 20.5 Å². The number of imidazole rings is 1. The van der Waals surface area contributed by atoms with Crippen LogP contribution in [0.3, 0.4) is 0 Å². The molecule has 7 rings (SSSR count). The molecule has 240 valence electrons. The summed E-state index contributed by atoms with van der Waals surface area (Å²) in [6, 6.07) is 12.1. The number of fused-ring (bicyclic) bond motifs is 1. The molecule has 2 aromatic carbocycles. The van der Waals surface area contributed by atoms with Gasteiger partial charge in [-0.05, 0) is 81.9 Å². The summed E-state index contributed by atoms with van der Waals surface area (Å²) >= 11 is 6.00. The van der Waals surface area contributed by atoms with Crippen molar-refractivity contribution in [2.24, 2.45) is 0 Å². The smallest absolute Gasteiger partial charge is 0.337 e. The van der Waals surface area contributed by atoms with Crippen LogP contribution in [0.25, 0.3) is 11.3 Å². The lowest BCUT2D eigenvalue weighted by Crippen LogP contribution is -2.33. The Balaban J connectivity index is 1.10. The number of carboxylic acids is 1. The van der Waals surface area contributed by atoms with Crippen molar-refractivity contribution in [3.8, 4) is 22.8 Å². The highest BCUT2D eigenvalue weighted by atomic mass is 35.5. The monoisotopic (exact) mass is 646 g/mol. The SMILES string of the molecule is Cc1nc(CN2CCCC(c3cccc4c3O[C@@](C)(c3ccc(Cl)cc3F)O4)CC2)n(C[C@@H]2CCO2)c1-c1cncc(C(=O)O)c1. The summed E-state index contributed by atoms with van der Waals surface area (Å²) in [4.78, 5) is 23.3. The van der Waals surface area contributed by atoms with Crippen molar-refractivity contribution in [1.29, 1.82) is 0 Å². The number of aromatic carboxylic acids is 1. The Morgan fingerprint density at radius 2 is 1.98 bits per heavy atom. The topological polar surface area (TPSA) is 98.9 Å². The number of likely N-dealkylation sites (tertiary alicyclic amines) is 1. The largest absolute Gasteiger partial charge is 0.478 e. The normalized spacial score (nSPS) is 22.8. The van der Waals surface area contributed by atoms with E-state index in [1.165, 1.54) is 12.3 Å². The van der Waals surface area contributed by atoms with E-state index in [1.54, 1.807) is 31.3 Å². The number of aryl methyl sites for hydroxylation is 1. The Labute approximate surface area is 271 Å². The fourth-order valence-electron chi connectivity index (χ4n) is 6.89. The molecule has 5 heterocycles. The Bertz CT molecular complexity index is 1790. The molecule has 0 bridgehead atoms. The van der Waals surface area contributed by atoms with Gasteiger partial charge in [0, 0.05) is 42.1 Å². The van der Waals surface area contributed by atoms with E-state index in [1.807, 2.05) is 19.1 Å². The number of aromatic nitrogens is 3. The highest BCUT2D eigenvalue weighted by molar-refractivity contribution is 6.30. The third-order valence-electron chi connectivity index (χ3n) is 9.32. The van der Waals surface area contributed by atoms with E-state index in [4.69, 9.17) is 30.8 Å². The third-order valence-corrected chi connectivity index (χ3v) is 9.55. The second-order valence-corrected chi connectivity index (χ2v) is 12.9. The maximum Gasteiger partial charge on any atom is 0.337 e. The maximum atomic E-state index is 14.9. The van der Waals surface area contributed by atoms with Gasteiger partial charge in [0.05, 0.1) is 41.7 Å². The van der Waals surface area contributed by atoms with Gasteiger partial charge in [-0.15, -0.1) is 0 Å². The molecule has 2 saturated heterocycles. The van der Waals surface area contributed by atoms with Gasteiger partial charge in [0.2, 0.25) is 0 Å². The van der Waals surface area contributed by atoms with Gasteiger partial charge in [-0.25, -0.2) is 14.2 Å². The van der Waals surface area contributed by atoms with Gasteiger partial charge in [-0.1, -0.05) is 23.7 Å². The fraction of sp³-hybridized carbons (Fsp3) is 0.400. The number of hydrogen-bond donors (Lipinski definition) is 1. The van der Waals surface area contributed by atoms with E-state index in [0.29, 0.717) is 35.2 Å². The van der Waals surface area contributed by atoms with E-state index < -0.39 is 17.6 Å². The number of rotatable bonds is 8. The molecule has 3 aliphatic heterocycles. The molecule has 3 atom stereocenters. The number of carbonyl (C=O) groups is 1. The van der Waals surface area contributed by atoms with Crippen LogP contribution in [0.4, 0.5) is 4.39 Å². The lowest BCUT2D eigenvalue weighted by Gasteiger charge is -2.29. The first-order valence-electron chi connectivity index (χ1n) is 15.7. The highest BCUT2D eigenvalue weighted by Crippen LogP contribution is 2.50. The minimum atomic E-state index is -1.29. The summed E-state index contributed by atoms with van der Waals surface area (Å²) < 4.78 is 35.5. The van der Waals surface area contributed by atoms with Crippen molar-refractivity contribution in [2.45, 2.75) is 70.4 Å². The van der Waals surface area contributed by atoms with Crippen LogP contribution in [0, 0.1) is 12.7 Å². The first kappa shape index (κ1) is 30.7. The lowest BCUT2D eigenvalue weighted by atomic mass is 9.91. The van der Waals surface area contributed by atoms with Crippen LogP contribution in [0.15, 0.2) is 54.9 Å². The average Bonchev–Trinajstić information content (AvgIpc) is 3.40. The molecular formula is C35H36ClFN4O5. The summed E-state index contributed by atoms with van der Waals surface area (Å²) in [5.74, 6) is -0.318. The molecular weight excluding hydrogens is 611 g/mol. The minimum absolute atomic E-state index is 0.102. The number of nitrogens with zero attached hydrogens (tertiary/aromatic N) is 4. The third kappa shape index (κ3) is 5.85. The zero-order valence-corrected chi connectivity index (χ0v) is 26.6. The summed E-state index contributed by atoms with van der Waals surface area (Å²) in [6.07, 6.45) is 7.02. The first-order chi connectivity index (χ1) is 22.2. The number of benzene rings is 2. The number of ether oxygens (including phenoxy) is 3. The van der Waals surface area contributed by atoms with Crippen molar-refractivity contribution < 1.29 is 28.5 Å². The Hall–Kier alpha value is -3.99. The molecule has 0 spiro atoms. The summed E-state index contributed by atoms with van der Waals surface area (Å²) in [5, 5.41) is 9.88. The molecule has 11 heteroatoms. The van der Waals surface area contributed by atoms with E-state index in [9.17, 15) is 14.3 Å². The van der Waals surface area contributed by atoms with Crippen molar-refractivity contribution in [1.82, 2.24) is 19.4 Å². The standard InChI is InChI=1S/C35H36ClFN4O5/c1-21-32(23-15-24(34(42)43)18-38-17-23)41(19-26-11-14-44-26)31(39-21)20-40-12-4-5-22(10-13-40)27-6-3-7-30-33(27)46-35(2,45-30)28-9-8-25(36)16-29(28)37/h3,6-9,15-18,22,26H,4-5,10-14,19-20H2,1-2H3,(H,42,43)/t22?,26-,35-/m0/s1. The van der Waals surface area contributed by atoms with E-state index in [0.717, 1.165) is 73.7 Å². The molecule has 0 aliphatic carbocycles. The van der Waals surface area contributed by atoms with Crippen molar-refractivity contribution in [3.05, 3.63) is 93.9 Å². The predicted molar refractivity (Wildman–Crippen MR) is 170 cm³/mol. The Kier molecular flexibility index (Phi) is 8.21. The number of carboxylic acid groups (broad SMARTS) is 1. The van der Waals surface area contributed by atoms with Crippen molar-refractivity contribution >= 4 is 17.6 Å². The molecule has 0 radical (unpaired) electrons. The van der Waals surface area contributed by atoms with Crippen LogP contribution in [0.2, 0.25) is 5.02 Å². The van der Waals surface area contributed by atoms with Crippen LogP contribution in [-0.4, -0.2) is 56.3 Å². The number of para-hydroxylation sites is 1. The number of halogens is 2. The molecule has 46 heavy (non-hydrogen) atoms. The zero-order chi connectivity index (χ0) is 32.0. The molecule has 9 nitrogen and oxygen atoms in total. The number of hydrogen-bond acceptors (Lipinski definition) is 7. The highest BCUT2D eigenvalue weighted by Gasteiger charge is 2.42. The van der Waals surface area contributed by atoms with Crippen LogP contribution >= 0.6 is 11.6 Å². The van der Waals surface area contributed by atoms with Crippen LogP contribution in [0.5, 0.6) is 11.5 Å². The van der Waals surface area contributed by atoms with Gasteiger partial charge in [0.1, 0.15) is 11.6 Å². The molecule has 0 amide bonds. The van der Waals surface area contributed by atoms with Gasteiger partial charge < -0.3 is 23.9 Å². The van der Waals surface area contributed by atoms with Gasteiger partial charge in [0.25, 0.3) is 5.79 Å². The van der Waals surface area contributed by atoms with Gasteiger partial charge in [0.15, 0.2) is 11.5 Å². The molecule has 3 aliphatic rings. The molecule has 4 aromatic rings. The van der Waals surface area contributed by atoms with Crippen molar-refractivity contribution in [2.75, 3.05) is 19.7 Å². The number of pyridine rings is 1. The predicted octanol–water partition coefficient (Wildman–Crippen LogP) is 6.95. The minimum Gasteiger partial charge on any atom is -0.478 e. The van der Waals surface area contributed by atoms with Crippen LogP contribution in [-0.2, 0) is 23.6 Å². The molecule has 0 saturated carbocycles. The van der Waals surface area contributed by atoms with E-state index in [-0.39, 0.29) is 17.6 Å². The second kappa shape index (κ2) is 12.3. The fourth-order valence-corrected chi connectivity index (χ4v) is 7.05. The van der Waals surface area contributed by atoms with E-state index >= 15 is 0 Å². The molecule has 2 aromatic heterocycles. The summed E-state index contributed by atoms with van der Waals surface area (Å²) in [6.45, 7) is 7.53. The summed E-state index contributed by atoms with van der Waals surface area (Å²) in [5.41, 5.74) is 3.97. The van der Waals surface area contributed by atoms with Gasteiger partial charge in [-0.2, -0.15) is 0 Å². The maximum absolute atomic E-state index is 14.9. The Morgan fingerprint density at radius 1 is 1.13 bits per heavy atom. The molecule has 1 N–H and O–H groups in total. The molecule has 1 unspecified atom stereocenters. The second-order valence-electron chi connectivity index (χ2n) is 12.5. The Morgan fingerprint density at radius 3 is 2.74 bits per heavy atom. The average molecular weight is 647 g/mol. The van der Waals surface area contributed by atoms with Crippen molar-refractivity contribution in [3.63, 3.8) is 0 Å².